The zero-order valence-electron chi connectivity index (χ0n) is 29.6. The van der Waals surface area contributed by atoms with Gasteiger partial charge < -0.3 is 0 Å². The molecule has 11 rings (SSSR count). The van der Waals surface area contributed by atoms with E-state index in [1.165, 1.54) is 109 Å². The Hall–Kier alpha value is -7.02. The van der Waals surface area contributed by atoms with E-state index in [1.807, 2.05) is 0 Å². The highest BCUT2D eigenvalue weighted by Gasteiger charge is 2.24. The van der Waals surface area contributed by atoms with Crippen molar-refractivity contribution in [3.05, 3.63) is 206 Å². The van der Waals surface area contributed by atoms with Gasteiger partial charge in [0.1, 0.15) is 0 Å². The molecule has 0 bridgehead atoms. The fourth-order valence-corrected chi connectivity index (χ4v) is 9.11. The van der Waals surface area contributed by atoms with Crippen LogP contribution in [0.4, 0.5) is 0 Å². The summed E-state index contributed by atoms with van der Waals surface area (Å²) in [6, 6.07) is 76.2. The van der Waals surface area contributed by atoms with Crippen LogP contribution in [0.2, 0.25) is 0 Å². The van der Waals surface area contributed by atoms with Gasteiger partial charge in [-0.1, -0.05) is 194 Å². The van der Waals surface area contributed by atoms with Gasteiger partial charge in [0, 0.05) is 0 Å². The van der Waals surface area contributed by atoms with Gasteiger partial charge in [0.05, 0.1) is 0 Å². The molecule has 0 atom stereocenters. The number of hydrogen-bond acceptors (Lipinski definition) is 0. The van der Waals surface area contributed by atoms with Crippen LogP contribution in [0.5, 0.6) is 0 Å². The molecule has 0 aliphatic heterocycles. The molecule has 0 nitrogen and oxygen atoms in total. The topological polar surface area (TPSA) is 0 Å². The smallest absolute Gasteiger partial charge is 0.000785 e. The normalized spacial score (nSPS) is 11.7. The lowest BCUT2D eigenvalue weighted by Crippen LogP contribution is -1.96. The zero-order chi connectivity index (χ0) is 35.6. The molecule has 0 aliphatic carbocycles. The van der Waals surface area contributed by atoms with Crippen LogP contribution in [0.1, 0.15) is 0 Å². The van der Waals surface area contributed by atoms with Crippen LogP contribution in [-0.4, -0.2) is 0 Å². The highest BCUT2D eigenvalue weighted by atomic mass is 14.3. The second-order valence-corrected chi connectivity index (χ2v) is 14.3. The minimum absolute atomic E-state index is 1.21. The predicted octanol–water partition coefficient (Wildman–Crippen LogP) is 15.3. The van der Waals surface area contributed by atoms with Crippen LogP contribution in [0.15, 0.2) is 206 Å². The lowest BCUT2D eigenvalue weighted by molar-refractivity contribution is 1.62. The monoisotopic (exact) mass is 682 g/mol. The molecular formula is C54H34. The first-order chi connectivity index (χ1) is 26.8. The molecule has 0 saturated heterocycles. The van der Waals surface area contributed by atoms with E-state index in [4.69, 9.17) is 0 Å². The Balaban J connectivity index is 1.36. The lowest BCUT2D eigenvalue weighted by atomic mass is 9.79. The second kappa shape index (κ2) is 12.3. The number of benzene rings is 11. The van der Waals surface area contributed by atoms with Gasteiger partial charge in [-0.2, -0.15) is 0 Å². The predicted molar refractivity (Wildman–Crippen MR) is 233 cm³/mol. The van der Waals surface area contributed by atoms with Gasteiger partial charge in [-0.25, -0.2) is 0 Å². The number of rotatable bonds is 4. The molecule has 0 amide bonds. The van der Waals surface area contributed by atoms with Crippen molar-refractivity contribution < 1.29 is 0 Å². The van der Waals surface area contributed by atoms with Crippen LogP contribution in [0.3, 0.4) is 0 Å². The summed E-state index contributed by atoms with van der Waals surface area (Å²) in [7, 11) is 0. The minimum Gasteiger partial charge on any atom is -0.0622 e. The molecule has 0 heterocycles. The first-order valence-electron chi connectivity index (χ1n) is 18.8. The van der Waals surface area contributed by atoms with Crippen molar-refractivity contribution in [2.45, 2.75) is 0 Å². The summed E-state index contributed by atoms with van der Waals surface area (Å²) in [4.78, 5) is 0. The van der Waals surface area contributed by atoms with Gasteiger partial charge >= 0.3 is 0 Å². The quantitative estimate of drug-likeness (QED) is 0.128. The van der Waals surface area contributed by atoms with Crippen molar-refractivity contribution in [3.8, 4) is 44.5 Å². The fourth-order valence-electron chi connectivity index (χ4n) is 9.11. The van der Waals surface area contributed by atoms with E-state index in [9.17, 15) is 0 Å². The van der Waals surface area contributed by atoms with Crippen molar-refractivity contribution in [3.63, 3.8) is 0 Å². The first-order valence-corrected chi connectivity index (χ1v) is 18.8. The van der Waals surface area contributed by atoms with Gasteiger partial charge in [-0.3, -0.25) is 0 Å². The third-order valence-electron chi connectivity index (χ3n) is 11.4. The summed E-state index contributed by atoms with van der Waals surface area (Å²) in [6.45, 7) is 0. The number of hydrogen-bond donors (Lipinski definition) is 0. The summed E-state index contributed by atoms with van der Waals surface area (Å²) < 4.78 is 0. The Morgan fingerprint density at radius 1 is 0.204 bits per heavy atom. The maximum absolute atomic E-state index is 2.42. The van der Waals surface area contributed by atoms with Crippen molar-refractivity contribution >= 4 is 64.6 Å². The van der Waals surface area contributed by atoms with Crippen LogP contribution < -0.4 is 0 Å². The lowest BCUT2D eigenvalue weighted by Gasteiger charge is -2.23. The summed E-state index contributed by atoms with van der Waals surface area (Å²) in [6.07, 6.45) is 0. The average Bonchev–Trinajstić information content (AvgIpc) is 3.25. The molecule has 0 radical (unpaired) electrons. The standard InChI is InChI=1S/C54H34/c1-3-17-35(18-4-1)39-31-32-48-42-25-10-9-23-40(42)41-24-11-12-26-43(41)52(48)54(39)53-46-29-15-13-27-44(46)51(45-28-14-16-30-47(45)53)50-34-38-22-8-7-21-37(38)33-49(50)36-19-5-2-6-20-36/h1-34H. The van der Waals surface area contributed by atoms with Gasteiger partial charge in [0.25, 0.3) is 0 Å². The summed E-state index contributed by atoms with van der Waals surface area (Å²) in [5, 5.41) is 15.2. The molecule has 54 heavy (non-hydrogen) atoms. The molecule has 11 aromatic rings. The van der Waals surface area contributed by atoms with Crippen molar-refractivity contribution in [2.75, 3.05) is 0 Å². The van der Waals surface area contributed by atoms with Gasteiger partial charge in [-0.15, -0.1) is 0 Å². The molecule has 0 saturated carbocycles. The largest absolute Gasteiger partial charge is 0.0622 e. The summed E-state index contributed by atoms with van der Waals surface area (Å²) in [5.41, 5.74) is 9.98. The summed E-state index contributed by atoms with van der Waals surface area (Å²) in [5.74, 6) is 0. The molecule has 0 spiro atoms. The van der Waals surface area contributed by atoms with E-state index >= 15 is 0 Å². The maximum Gasteiger partial charge on any atom is -0.000785 e. The first kappa shape index (κ1) is 30.6. The molecule has 11 aromatic carbocycles. The Labute approximate surface area is 314 Å². The Kier molecular flexibility index (Phi) is 6.97. The average molecular weight is 683 g/mol. The molecular weight excluding hydrogens is 649 g/mol. The van der Waals surface area contributed by atoms with Crippen LogP contribution in [-0.2, 0) is 0 Å². The van der Waals surface area contributed by atoms with Crippen LogP contribution in [0, 0.1) is 0 Å². The third-order valence-corrected chi connectivity index (χ3v) is 11.4. The van der Waals surface area contributed by atoms with Crippen LogP contribution in [0.25, 0.3) is 109 Å². The molecule has 0 aromatic heterocycles. The van der Waals surface area contributed by atoms with E-state index in [0.29, 0.717) is 0 Å². The van der Waals surface area contributed by atoms with E-state index < -0.39 is 0 Å². The molecule has 0 fully saturated rings. The maximum atomic E-state index is 2.42. The van der Waals surface area contributed by atoms with Gasteiger partial charge in [0.15, 0.2) is 0 Å². The van der Waals surface area contributed by atoms with Gasteiger partial charge in [0.2, 0.25) is 0 Å². The SMILES string of the molecule is c1ccc(-c2cc3ccccc3cc2-c2c3ccccc3c(-c3c(-c4ccccc4)ccc4c5ccccc5c5ccccc5c34)c3ccccc23)cc1. The molecule has 250 valence electrons. The molecule has 0 aliphatic rings. The highest BCUT2D eigenvalue weighted by Crippen LogP contribution is 2.52. The van der Waals surface area contributed by atoms with E-state index in [-0.39, 0.29) is 0 Å². The molecule has 0 unspecified atom stereocenters. The second-order valence-electron chi connectivity index (χ2n) is 14.3. The Morgan fingerprint density at radius 2 is 0.574 bits per heavy atom. The Morgan fingerprint density at radius 3 is 1.11 bits per heavy atom. The molecule has 0 N–H and O–H groups in total. The van der Waals surface area contributed by atoms with Crippen LogP contribution >= 0.6 is 0 Å². The number of fused-ring (bicyclic) bond motifs is 9. The summed E-state index contributed by atoms with van der Waals surface area (Å²) >= 11 is 0. The minimum atomic E-state index is 1.21. The van der Waals surface area contributed by atoms with E-state index in [2.05, 4.69) is 206 Å². The van der Waals surface area contributed by atoms with Crippen molar-refractivity contribution in [1.82, 2.24) is 0 Å². The van der Waals surface area contributed by atoms with E-state index in [1.54, 1.807) is 0 Å². The molecule has 0 heteroatoms. The highest BCUT2D eigenvalue weighted by molar-refractivity contribution is 6.33. The Bertz CT molecular complexity index is 3150. The fraction of sp³-hybridized carbons (Fsp3) is 0. The van der Waals surface area contributed by atoms with Crippen molar-refractivity contribution in [2.24, 2.45) is 0 Å². The zero-order valence-corrected chi connectivity index (χ0v) is 29.6. The third kappa shape index (κ3) is 4.64. The van der Waals surface area contributed by atoms with E-state index in [0.717, 1.165) is 0 Å². The van der Waals surface area contributed by atoms with Gasteiger partial charge in [-0.05, 0) is 121 Å². The van der Waals surface area contributed by atoms with Crippen molar-refractivity contribution in [1.29, 1.82) is 0 Å².